The molecular weight excluding hydrogens is 128 g/mol. The third-order valence-electron chi connectivity index (χ3n) is 1.67. The molecule has 0 aliphatic rings. The summed E-state index contributed by atoms with van der Waals surface area (Å²) in [5, 5.41) is 0. The molecule has 0 aliphatic carbocycles. The highest BCUT2D eigenvalue weighted by molar-refractivity contribution is 5.76. The summed E-state index contributed by atoms with van der Waals surface area (Å²) in [5.41, 5.74) is 10.6. The molecule has 0 heterocycles. The normalized spacial score (nSPS) is 16.3. The summed E-state index contributed by atoms with van der Waals surface area (Å²) in [6.45, 7) is 3.80. The SMILES string of the molecule is CC[C@H](N)C[C@@H](C)C(N)=O. The molecule has 0 rings (SSSR count). The van der Waals surface area contributed by atoms with Gasteiger partial charge in [-0.25, -0.2) is 0 Å². The van der Waals surface area contributed by atoms with E-state index in [-0.39, 0.29) is 17.9 Å². The van der Waals surface area contributed by atoms with Gasteiger partial charge in [0, 0.05) is 12.0 Å². The van der Waals surface area contributed by atoms with Crippen molar-refractivity contribution in [3.63, 3.8) is 0 Å². The van der Waals surface area contributed by atoms with Gasteiger partial charge in [-0.2, -0.15) is 0 Å². The fourth-order valence-electron chi connectivity index (χ4n) is 0.737. The lowest BCUT2D eigenvalue weighted by atomic mass is 10.0. The lowest BCUT2D eigenvalue weighted by Crippen LogP contribution is -2.28. The van der Waals surface area contributed by atoms with Crippen molar-refractivity contribution in [3.8, 4) is 0 Å². The van der Waals surface area contributed by atoms with Crippen LogP contribution in [-0.2, 0) is 4.79 Å². The molecule has 10 heavy (non-hydrogen) atoms. The highest BCUT2D eigenvalue weighted by atomic mass is 16.1. The summed E-state index contributed by atoms with van der Waals surface area (Å²) in [6, 6.07) is 0.113. The third-order valence-corrected chi connectivity index (χ3v) is 1.67. The van der Waals surface area contributed by atoms with Crippen molar-refractivity contribution in [2.75, 3.05) is 0 Å². The molecule has 60 valence electrons. The summed E-state index contributed by atoms with van der Waals surface area (Å²) in [6.07, 6.45) is 1.60. The molecule has 4 N–H and O–H groups in total. The molecule has 1 amide bonds. The van der Waals surface area contributed by atoms with Crippen LogP contribution < -0.4 is 11.5 Å². The first-order valence-corrected chi connectivity index (χ1v) is 3.62. The van der Waals surface area contributed by atoms with Crippen LogP contribution in [0.4, 0.5) is 0 Å². The van der Waals surface area contributed by atoms with E-state index in [0.29, 0.717) is 6.42 Å². The Kier molecular flexibility index (Phi) is 4.03. The Bertz CT molecular complexity index is 114. The van der Waals surface area contributed by atoms with Crippen molar-refractivity contribution in [1.82, 2.24) is 0 Å². The maximum atomic E-state index is 10.5. The van der Waals surface area contributed by atoms with Gasteiger partial charge < -0.3 is 11.5 Å². The number of carbonyl (C=O) groups is 1. The summed E-state index contributed by atoms with van der Waals surface area (Å²) >= 11 is 0. The first kappa shape index (κ1) is 9.43. The Balaban J connectivity index is 3.56. The molecule has 0 bridgehead atoms. The summed E-state index contributed by atoms with van der Waals surface area (Å²) < 4.78 is 0. The molecule has 0 radical (unpaired) electrons. The van der Waals surface area contributed by atoms with Crippen LogP contribution in [0.2, 0.25) is 0 Å². The predicted octanol–water partition coefficient (Wildman–Crippen LogP) is 0.235. The van der Waals surface area contributed by atoms with Gasteiger partial charge in [-0.3, -0.25) is 4.79 Å². The molecule has 0 fully saturated rings. The van der Waals surface area contributed by atoms with Crippen molar-refractivity contribution in [2.45, 2.75) is 32.7 Å². The van der Waals surface area contributed by atoms with Crippen LogP contribution in [0.3, 0.4) is 0 Å². The van der Waals surface area contributed by atoms with E-state index in [1.54, 1.807) is 6.92 Å². The van der Waals surface area contributed by atoms with Gasteiger partial charge >= 0.3 is 0 Å². The molecule has 0 aromatic heterocycles. The minimum Gasteiger partial charge on any atom is -0.369 e. The van der Waals surface area contributed by atoms with E-state index in [1.165, 1.54) is 0 Å². The van der Waals surface area contributed by atoms with Crippen molar-refractivity contribution in [1.29, 1.82) is 0 Å². The minimum atomic E-state index is -0.260. The summed E-state index contributed by atoms with van der Waals surface area (Å²) in [4.78, 5) is 10.5. The van der Waals surface area contributed by atoms with E-state index in [1.807, 2.05) is 6.92 Å². The lowest BCUT2D eigenvalue weighted by Gasteiger charge is -2.11. The highest BCUT2D eigenvalue weighted by Gasteiger charge is 2.11. The maximum Gasteiger partial charge on any atom is 0.220 e. The number of hydrogen-bond donors (Lipinski definition) is 2. The van der Waals surface area contributed by atoms with Gasteiger partial charge in [0.15, 0.2) is 0 Å². The summed E-state index contributed by atoms with van der Waals surface area (Å²) in [7, 11) is 0. The lowest BCUT2D eigenvalue weighted by molar-refractivity contribution is -0.121. The number of primary amides is 1. The van der Waals surface area contributed by atoms with Gasteiger partial charge in [0.25, 0.3) is 0 Å². The van der Waals surface area contributed by atoms with Gasteiger partial charge in [-0.05, 0) is 12.8 Å². The Morgan fingerprint density at radius 2 is 2.10 bits per heavy atom. The summed E-state index contributed by atoms with van der Waals surface area (Å²) in [5.74, 6) is -0.348. The number of amides is 1. The number of carbonyl (C=O) groups excluding carboxylic acids is 1. The number of nitrogens with two attached hydrogens (primary N) is 2. The van der Waals surface area contributed by atoms with Crippen LogP contribution in [0, 0.1) is 5.92 Å². The Morgan fingerprint density at radius 1 is 1.60 bits per heavy atom. The largest absolute Gasteiger partial charge is 0.369 e. The Labute approximate surface area is 61.8 Å². The van der Waals surface area contributed by atoms with E-state index in [4.69, 9.17) is 11.5 Å². The molecule has 0 aromatic rings. The number of hydrogen-bond acceptors (Lipinski definition) is 2. The van der Waals surface area contributed by atoms with Crippen LogP contribution in [0.1, 0.15) is 26.7 Å². The van der Waals surface area contributed by atoms with E-state index < -0.39 is 0 Å². The van der Waals surface area contributed by atoms with Crippen LogP contribution in [-0.4, -0.2) is 11.9 Å². The first-order chi connectivity index (χ1) is 4.57. The van der Waals surface area contributed by atoms with E-state index in [2.05, 4.69) is 0 Å². The molecule has 3 nitrogen and oxygen atoms in total. The molecule has 2 atom stereocenters. The smallest absolute Gasteiger partial charge is 0.220 e. The molecule has 0 unspecified atom stereocenters. The average molecular weight is 144 g/mol. The zero-order valence-corrected chi connectivity index (χ0v) is 6.63. The van der Waals surface area contributed by atoms with Crippen LogP contribution in [0.15, 0.2) is 0 Å². The van der Waals surface area contributed by atoms with Gasteiger partial charge in [-0.15, -0.1) is 0 Å². The topological polar surface area (TPSA) is 69.1 Å². The van der Waals surface area contributed by atoms with Crippen LogP contribution in [0.25, 0.3) is 0 Å². The van der Waals surface area contributed by atoms with E-state index in [0.717, 1.165) is 6.42 Å². The zero-order valence-electron chi connectivity index (χ0n) is 6.63. The third kappa shape index (κ3) is 3.45. The van der Waals surface area contributed by atoms with Crippen molar-refractivity contribution >= 4 is 5.91 Å². The number of rotatable bonds is 4. The van der Waals surface area contributed by atoms with Crippen LogP contribution in [0.5, 0.6) is 0 Å². The van der Waals surface area contributed by atoms with Crippen LogP contribution >= 0.6 is 0 Å². The average Bonchev–Trinajstić information content (AvgIpc) is 1.87. The standard InChI is InChI=1S/C7H16N2O/c1-3-6(8)4-5(2)7(9)10/h5-6H,3-4,8H2,1-2H3,(H2,9,10)/t5-,6+/m1/s1. The first-order valence-electron chi connectivity index (χ1n) is 3.62. The molecule has 0 saturated heterocycles. The second-order valence-corrected chi connectivity index (χ2v) is 2.71. The maximum absolute atomic E-state index is 10.5. The van der Waals surface area contributed by atoms with Crippen molar-refractivity contribution in [3.05, 3.63) is 0 Å². The fraction of sp³-hybridized carbons (Fsp3) is 0.857. The molecule has 0 aliphatic heterocycles. The second kappa shape index (κ2) is 4.28. The van der Waals surface area contributed by atoms with Crippen molar-refractivity contribution < 1.29 is 4.79 Å². The molecule has 0 aromatic carbocycles. The quantitative estimate of drug-likeness (QED) is 0.593. The van der Waals surface area contributed by atoms with Gasteiger partial charge in [-0.1, -0.05) is 13.8 Å². The molecule has 3 heteroatoms. The monoisotopic (exact) mass is 144 g/mol. The van der Waals surface area contributed by atoms with E-state index >= 15 is 0 Å². The predicted molar refractivity (Wildman–Crippen MR) is 41.2 cm³/mol. The zero-order chi connectivity index (χ0) is 8.15. The van der Waals surface area contributed by atoms with Gasteiger partial charge in [0.1, 0.15) is 0 Å². The highest BCUT2D eigenvalue weighted by Crippen LogP contribution is 2.05. The van der Waals surface area contributed by atoms with Gasteiger partial charge in [0.05, 0.1) is 0 Å². The molecule has 0 saturated carbocycles. The van der Waals surface area contributed by atoms with Gasteiger partial charge in [0.2, 0.25) is 5.91 Å². The van der Waals surface area contributed by atoms with E-state index in [9.17, 15) is 4.79 Å². The molecular formula is C7H16N2O. The Morgan fingerprint density at radius 3 is 2.40 bits per heavy atom. The minimum absolute atomic E-state index is 0.0880. The van der Waals surface area contributed by atoms with Crippen molar-refractivity contribution in [2.24, 2.45) is 17.4 Å². The fourth-order valence-corrected chi connectivity index (χ4v) is 0.737. The second-order valence-electron chi connectivity index (χ2n) is 2.71. The molecule has 0 spiro atoms. The Hall–Kier alpha value is -0.570.